The molecule has 0 aromatic heterocycles. The lowest BCUT2D eigenvalue weighted by Crippen LogP contribution is -2.68. The molecule has 2 aliphatic rings. The van der Waals surface area contributed by atoms with E-state index >= 15 is 0 Å². The number of ether oxygens (including phenoxy) is 4. The first-order valence-electron chi connectivity index (χ1n) is 12.4. The number of nitrogens with zero attached hydrogens (tertiary/aromatic N) is 2. The maximum atomic E-state index is 13.6. The van der Waals surface area contributed by atoms with Crippen LogP contribution in [0, 0.1) is 0 Å². The van der Waals surface area contributed by atoms with Gasteiger partial charge in [-0.3, -0.25) is 9.80 Å². The summed E-state index contributed by atoms with van der Waals surface area (Å²) in [7, 11) is 1.21. The minimum Gasteiger partial charge on any atom is -0.467 e. The van der Waals surface area contributed by atoms with E-state index in [1.807, 2.05) is 19.9 Å². The highest BCUT2D eigenvalue weighted by atomic mass is 16.6. The number of aliphatic hydroxyl groups excluding tert-OH is 1. The molecule has 0 aromatic rings. The molecule has 0 radical (unpaired) electrons. The van der Waals surface area contributed by atoms with Gasteiger partial charge in [0.2, 0.25) is 0 Å². The molecule has 10 heteroatoms. The molecular formula is C26H44N2O8. The van der Waals surface area contributed by atoms with Crippen LogP contribution in [0.3, 0.4) is 0 Å². The van der Waals surface area contributed by atoms with Gasteiger partial charge in [-0.05, 0) is 82.1 Å². The van der Waals surface area contributed by atoms with Crippen LogP contribution in [-0.4, -0.2) is 87.4 Å². The van der Waals surface area contributed by atoms with E-state index in [9.17, 15) is 19.5 Å². The standard InChI is InChI=1S/C26H44N2O8/c1-16(2)14-17-12-13-26(20(30)33-11,27(17)21(31)35-23(3,4)5)19(29)18-15-34-25(9,10)28(18)22(32)36-24(6,7)8/h14,17-19,29H,12-13,15H2,1-11H3/t17-,18+,19+,26-/m1/s1. The largest absolute Gasteiger partial charge is 0.467 e. The van der Waals surface area contributed by atoms with Gasteiger partial charge in [-0.1, -0.05) is 11.6 Å². The Morgan fingerprint density at radius 2 is 1.50 bits per heavy atom. The third-order valence-electron chi connectivity index (χ3n) is 6.20. The van der Waals surface area contributed by atoms with Gasteiger partial charge < -0.3 is 24.1 Å². The molecular weight excluding hydrogens is 468 g/mol. The number of esters is 1. The van der Waals surface area contributed by atoms with Crippen LogP contribution < -0.4 is 0 Å². The molecule has 2 fully saturated rings. The number of amides is 2. The average Bonchev–Trinajstić information content (AvgIpc) is 3.21. The summed E-state index contributed by atoms with van der Waals surface area (Å²) in [4.78, 5) is 42.9. The van der Waals surface area contributed by atoms with E-state index in [-0.39, 0.29) is 13.0 Å². The topological polar surface area (TPSA) is 115 Å². The molecule has 2 saturated heterocycles. The number of aliphatic hydroxyl groups is 1. The van der Waals surface area contributed by atoms with Crippen molar-refractivity contribution in [3.05, 3.63) is 11.6 Å². The molecule has 36 heavy (non-hydrogen) atoms. The van der Waals surface area contributed by atoms with E-state index in [2.05, 4.69) is 0 Å². The third-order valence-corrected chi connectivity index (χ3v) is 6.20. The molecule has 2 aliphatic heterocycles. The van der Waals surface area contributed by atoms with Gasteiger partial charge in [0.25, 0.3) is 0 Å². The number of allylic oxidation sites excluding steroid dienone is 1. The van der Waals surface area contributed by atoms with Crippen molar-refractivity contribution in [3.8, 4) is 0 Å². The van der Waals surface area contributed by atoms with Gasteiger partial charge in [0.1, 0.15) is 23.0 Å². The second kappa shape index (κ2) is 10.2. The van der Waals surface area contributed by atoms with Gasteiger partial charge in [-0.2, -0.15) is 0 Å². The van der Waals surface area contributed by atoms with Crippen molar-refractivity contribution >= 4 is 18.2 Å². The van der Waals surface area contributed by atoms with Crippen LogP contribution >= 0.6 is 0 Å². The van der Waals surface area contributed by atoms with E-state index in [1.54, 1.807) is 55.4 Å². The van der Waals surface area contributed by atoms with Crippen LogP contribution in [0.2, 0.25) is 0 Å². The lowest BCUT2D eigenvalue weighted by molar-refractivity contribution is -0.165. The van der Waals surface area contributed by atoms with Crippen molar-refractivity contribution in [2.45, 2.75) is 123 Å². The zero-order chi connectivity index (χ0) is 27.9. The first-order chi connectivity index (χ1) is 16.3. The quantitative estimate of drug-likeness (QED) is 0.342. The highest BCUT2D eigenvalue weighted by Gasteiger charge is 2.64. The van der Waals surface area contributed by atoms with Gasteiger partial charge in [0.15, 0.2) is 5.54 Å². The average molecular weight is 513 g/mol. The Morgan fingerprint density at radius 1 is 1.00 bits per heavy atom. The predicted octanol–water partition coefficient (Wildman–Crippen LogP) is 4.00. The van der Waals surface area contributed by atoms with E-state index < -0.39 is 58.8 Å². The van der Waals surface area contributed by atoms with Crippen LogP contribution in [0.5, 0.6) is 0 Å². The monoisotopic (exact) mass is 512 g/mol. The normalized spacial score (nSPS) is 26.9. The van der Waals surface area contributed by atoms with Crippen molar-refractivity contribution < 1.29 is 38.4 Å². The molecule has 0 aliphatic carbocycles. The molecule has 2 amide bonds. The third kappa shape index (κ3) is 6.14. The summed E-state index contributed by atoms with van der Waals surface area (Å²) < 4.78 is 22.3. The molecule has 4 atom stereocenters. The summed E-state index contributed by atoms with van der Waals surface area (Å²) in [6.07, 6.45) is -0.650. The number of likely N-dealkylation sites (tertiary alicyclic amines) is 1. The minimum atomic E-state index is -1.82. The van der Waals surface area contributed by atoms with Gasteiger partial charge in [-0.15, -0.1) is 0 Å². The summed E-state index contributed by atoms with van der Waals surface area (Å²) in [5.74, 6) is -0.792. The fourth-order valence-electron chi connectivity index (χ4n) is 4.90. The number of carbonyl (C=O) groups is 3. The van der Waals surface area contributed by atoms with Crippen molar-refractivity contribution in [2.24, 2.45) is 0 Å². The number of hydrogen-bond donors (Lipinski definition) is 1. The van der Waals surface area contributed by atoms with Crippen LogP contribution in [0.15, 0.2) is 11.6 Å². The second-order valence-corrected chi connectivity index (χ2v) is 12.2. The zero-order valence-corrected chi connectivity index (χ0v) is 23.6. The Balaban J connectivity index is 2.64. The SMILES string of the molecule is COC(=O)[C@]1([C@@H](O)[C@@H]2COC(C)(C)N2C(=O)OC(C)(C)C)CC[C@H](C=C(C)C)N1C(=O)OC(C)(C)C. The van der Waals surface area contributed by atoms with Crippen LogP contribution in [0.25, 0.3) is 0 Å². The molecule has 206 valence electrons. The molecule has 0 bridgehead atoms. The smallest absolute Gasteiger partial charge is 0.412 e. The molecule has 2 heterocycles. The molecule has 10 nitrogen and oxygen atoms in total. The van der Waals surface area contributed by atoms with Crippen LogP contribution in [0.4, 0.5) is 9.59 Å². The zero-order valence-electron chi connectivity index (χ0n) is 23.6. The van der Waals surface area contributed by atoms with Crippen molar-refractivity contribution in [1.29, 1.82) is 0 Å². The second-order valence-electron chi connectivity index (χ2n) is 12.2. The Hall–Kier alpha value is -2.33. The van der Waals surface area contributed by atoms with Crippen LogP contribution in [-0.2, 0) is 23.7 Å². The Bertz CT molecular complexity index is 881. The predicted molar refractivity (Wildman–Crippen MR) is 133 cm³/mol. The number of methoxy groups -OCH3 is 1. The first kappa shape index (κ1) is 29.9. The molecule has 2 rings (SSSR count). The summed E-state index contributed by atoms with van der Waals surface area (Å²) in [5.41, 5.74) is -3.65. The maximum absolute atomic E-state index is 13.6. The van der Waals surface area contributed by atoms with Gasteiger partial charge in [0, 0.05) is 0 Å². The summed E-state index contributed by atoms with van der Waals surface area (Å²) >= 11 is 0. The van der Waals surface area contributed by atoms with Crippen molar-refractivity contribution in [1.82, 2.24) is 9.80 Å². The maximum Gasteiger partial charge on any atom is 0.412 e. The van der Waals surface area contributed by atoms with E-state index in [1.165, 1.54) is 16.9 Å². The van der Waals surface area contributed by atoms with Crippen molar-refractivity contribution in [2.75, 3.05) is 13.7 Å². The van der Waals surface area contributed by atoms with Gasteiger partial charge >= 0.3 is 18.2 Å². The van der Waals surface area contributed by atoms with Crippen molar-refractivity contribution in [3.63, 3.8) is 0 Å². The van der Waals surface area contributed by atoms with E-state index in [0.29, 0.717) is 6.42 Å². The lowest BCUT2D eigenvalue weighted by Gasteiger charge is -2.45. The number of hydrogen-bond acceptors (Lipinski definition) is 8. The van der Waals surface area contributed by atoms with E-state index in [4.69, 9.17) is 18.9 Å². The van der Waals surface area contributed by atoms with E-state index in [0.717, 1.165) is 5.57 Å². The highest BCUT2D eigenvalue weighted by molar-refractivity contribution is 5.88. The fraction of sp³-hybridized carbons (Fsp3) is 0.808. The summed E-state index contributed by atoms with van der Waals surface area (Å²) in [6.45, 7) is 17.5. The minimum absolute atomic E-state index is 0.0678. The molecule has 1 N–H and O–H groups in total. The first-order valence-corrected chi connectivity index (χ1v) is 12.4. The Labute approximate surface area is 214 Å². The number of rotatable bonds is 4. The molecule has 0 saturated carbocycles. The Morgan fingerprint density at radius 3 is 1.94 bits per heavy atom. The molecule has 0 aromatic carbocycles. The number of carbonyl (C=O) groups excluding carboxylic acids is 3. The highest BCUT2D eigenvalue weighted by Crippen LogP contribution is 2.44. The van der Waals surface area contributed by atoms with Crippen LogP contribution in [0.1, 0.15) is 82.1 Å². The molecule has 0 unspecified atom stereocenters. The summed E-state index contributed by atoms with van der Waals surface area (Å²) in [6, 6.07) is -1.52. The summed E-state index contributed by atoms with van der Waals surface area (Å²) in [5, 5.41) is 11.9. The van der Waals surface area contributed by atoms with Gasteiger partial charge in [-0.25, -0.2) is 14.4 Å². The molecule has 0 spiro atoms. The van der Waals surface area contributed by atoms with Gasteiger partial charge in [0.05, 0.1) is 25.8 Å². The lowest BCUT2D eigenvalue weighted by atomic mass is 9.84. The fourth-order valence-corrected chi connectivity index (χ4v) is 4.90. The Kier molecular flexibility index (Phi) is 8.47.